The lowest BCUT2D eigenvalue weighted by molar-refractivity contribution is -0.105. The van der Waals surface area contributed by atoms with Crippen molar-refractivity contribution in [3.05, 3.63) is 15.6 Å². The number of hydrogen-bond acceptors (Lipinski definition) is 5. The Morgan fingerprint density at radius 3 is 2.67 bits per heavy atom. The topological polar surface area (TPSA) is 43.4 Å². The van der Waals surface area contributed by atoms with Gasteiger partial charge in [-0.15, -0.1) is 11.3 Å². The molecule has 0 aliphatic carbocycles. The minimum atomic E-state index is -0.296. The fourth-order valence-corrected chi connectivity index (χ4v) is 4.05. The van der Waals surface area contributed by atoms with Gasteiger partial charge in [-0.25, -0.2) is 4.98 Å². The quantitative estimate of drug-likeness (QED) is 0.849. The molecule has 0 radical (unpaired) electrons. The van der Waals surface area contributed by atoms with E-state index in [1.807, 2.05) is 0 Å². The summed E-state index contributed by atoms with van der Waals surface area (Å²) in [5, 5.41) is 4.43. The predicted octanol–water partition coefficient (Wildman–Crippen LogP) is 2.30. The van der Waals surface area contributed by atoms with E-state index in [-0.39, 0.29) is 17.3 Å². The van der Waals surface area contributed by atoms with E-state index in [0.29, 0.717) is 0 Å². The van der Waals surface area contributed by atoms with Crippen LogP contribution >= 0.6 is 11.3 Å². The third-order valence-corrected chi connectivity index (χ3v) is 4.93. The van der Waals surface area contributed by atoms with Gasteiger partial charge in [0.15, 0.2) is 0 Å². The molecule has 0 saturated carbocycles. The van der Waals surface area contributed by atoms with Crippen LogP contribution in [-0.4, -0.2) is 24.7 Å². The number of fused-ring (bicyclic) bond motifs is 1. The number of morpholine rings is 1. The molecule has 1 aromatic rings. The van der Waals surface area contributed by atoms with Gasteiger partial charge in [0.2, 0.25) is 0 Å². The lowest BCUT2D eigenvalue weighted by atomic mass is 10.0. The van der Waals surface area contributed by atoms with Crippen LogP contribution in [0.1, 0.15) is 49.4 Å². The number of ether oxygens (including phenoxy) is 2. The molecule has 1 aromatic heterocycles. The van der Waals surface area contributed by atoms with Crippen molar-refractivity contribution in [2.45, 2.75) is 45.0 Å². The lowest BCUT2D eigenvalue weighted by Gasteiger charge is -2.26. The van der Waals surface area contributed by atoms with E-state index in [4.69, 9.17) is 14.5 Å². The zero-order valence-corrected chi connectivity index (χ0v) is 12.2. The number of nitrogens with zero attached hydrogens (tertiary/aromatic N) is 1. The van der Waals surface area contributed by atoms with E-state index in [1.54, 1.807) is 11.3 Å². The molecule has 0 bridgehead atoms. The Labute approximate surface area is 112 Å². The van der Waals surface area contributed by atoms with E-state index >= 15 is 0 Å². The Bertz CT molecular complexity index is 430. The van der Waals surface area contributed by atoms with Crippen LogP contribution in [0.5, 0.6) is 0 Å². The van der Waals surface area contributed by atoms with Crippen molar-refractivity contribution in [3.63, 3.8) is 0 Å². The summed E-state index contributed by atoms with van der Waals surface area (Å²) in [6.45, 7) is 11.0. The summed E-state index contributed by atoms with van der Waals surface area (Å²) in [4.78, 5) is 6.04. The Kier molecular flexibility index (Phi) is 2.79. The van der Waals surface area contributed by atoms with Crippen molar-refractivity contribution in [1.82, 2.24) is 10.3 Å². The molecular weight excluding hydrogens is 248 g/mol. The Hall–Kier alpha value is -0.490. The monoisotopic (exact) mass is 268 g/mol. The smallest absolute Gasteiger partial charge is 0.124 e. The first-order valence-electron chi connectivity index (χ1n) is 6.44. The molecule has 1 saturated heterocycles. The standard InChI is InChI=1S/C13H20N2O2S/c1-12(2)9-10(13(3,4)17-12)18-11(15-9)8-7-14-5-6-16-8/h8,14H,5-7H2,1-4H3. The summed E-state index contributed by atoms with van der Waals surface area (Å²) < 4.78 is 11.9. The van der Waals surface area contributed by atoms with Gasteiger partial charge in [0, 0.05) is 13.1 Å². The molecule has 4 nitrogen and oxygen atoms in total. The highest BCUT2D eigenvalue weighted by molar-refractivity contribution is 7.12. The van der Waals surface area contributed by atoms with Crippen molar-refractivity contribution in [3.8, 4) is 0 Å². The molecule has 0 aromatic carbocycles. The molecule has 2 aliphatic rings. The Morgan fingerprint density at radius 2 is 2.06 bits per heavy atom. The summed E-state index contributed by atoms with van der Waals surface area (Å²) in [5.74, 6) is 0. The Morgan fingerprint density at radius 1 is 1.28 bits per heavy atom. The zero-order valence-electron chi connectivity index (χ0n) is 11.4. The highest BCUT2D eigenvalue weighted by Gasteiger charge is 2.47. The van der Waals surface area contributed by atoms with Crippen LogP contribution < -0.4 is 5.32 Å². The lowest BCUT2D eigenvalue weighted by Crippen LogP contribution is -2.33. The second kappa shape index (κ2) is 4.00. The van der Waals surface area contributed by atoms with Crippen LogP contribution in [0.2, 0.25) is 0 Å². The SMILES string of the molecule is CC1(C)OC(C)(C)c2sc(C3CNCCO3)nc21. The van der Waals surface area contributed by atoms with Gasteiger partial charge in [0.25, 0.3) is 0 Å². The summed E-state index contributed by atoms with van der Waals surface area (Å²) in [6.07, 6.45) is 0.0981. The van der Waals surface area contributed by atoms with Gasteiger partial charge >= 0.3 is 0 Å². The van der Waals surface area contributed by atoms with Crippen LogP contribution in [-0.2, 0) is 20.7 Å². The molecular formula is C13H20N2O2S. The van der Waals surface area contributed by atoms with Gasteiger partial charge < -0.3 is 14.8 Å². The molecule has 1 fully saturated rings. The Balaban J connectivity index is 1.97. The van der Waals surface area contributed by atoms with Crippen LogP contribution in [0.25, 0.3) is 0 Å². The van der Waals surface area contributed by atoms with E-state index in [0.717, 1.165) is 30.4 Å². The van der Waals surface area contributed by atoms with Gasteiger partial charge in [-0.3, -0.25) is 0 Å². The predicted molar refractivity (Wildman–Crippen MR) is 70.8 cm³/mol. The van der Waals surface area contributed by atoms with E-state index in [9.17, 15) is 0 Å². The van der Waals surface area contributed by atoms with Crippen molar-refractivity contribution in [2.75, 3.05) is 19.7 Å². The minimum absolute atomic E-state index is 0.0981. The van der Waals surface area contributed by atoms with Crippen molar-refractivity contribution < 1.29 is 9.47 Å². The third kappa shape index (κ3) is 1.90. The summed E-state index contributed by atoms with van der Waals surface area (Å²) in [5.41, 5.74) is 0.550. The average molecular weight is 268 g/mol. The first-order chi connectivity index (χ1) is 8.40. The molecule has 2 aliphatic heterocycles. The van der Waals surface area contributed by atoms with E-state index in [1.165, 1.54) is 4.88 Å². The van der Waals surface area contributed by atoms with Gasteiger partial charge in [0.1, 0.15) is 16.7 Å². The van der Waals surface area contributed by atoms with E-state index < -0.39 is 0 Å². The molecule has 0 amide bonds. The minimum Gasteiger partial charge on any atom is -0.368 e. The first kappa shape index (κ1) is 12.5. The first-order valence-corrected chi connectivity index (χ1v) is 7.26. The molecule has 18 heavy (non-hydrogen) atoms. The van der Waals surface area contributed by atoms with Crippen molar-refractivity contribution in [2.24, 2.45) is 0 Å². The van der Waals surface area contributed by atoms with Gasteiger partial charge in [-0.1, -0.05) is 0 Å². The van der Waals surface area contributed by atoms with Crippen molar-refractivity contribution in [1.29, 1.82) is 0 Å². The number of nitrogens with one attached hydrogen (secondary N) is 1. The average Bonchev–Trinajstić information content (AvgIpc) is 2.80. The normalized spacial score (nSPS) is 29.2. The molecule has 0 spiro atoms. The highest BCUT2D eigenvalue weighted by atomic mass is 32.1. The van der Waals surface area contributed by atoms with Crippen molar-refractivity contribution >= 4 is 11.3 Å². The second-order valence-electron chi connectivity index (χ2n) is 5.92. The highest BCUT2D eigenvalue weighted by Crippen LogP contribution is 2.49. The van der Waals surface area contributed by atoms with Gasteiger partial charge in [-0.05, 0) is 27.7 Å². The zero-order chi connectivity index (χ0) is 13.0. The molecule has 100 valence electrons. The summed E-state index contributed by atoms with van der Waals surface area (Å²) >= 11 is 1.74. The largest absolute Gasteiger partial charge is 0.368 e. The molecule has 5 heteroatoms. The van der Waals surface area contributed by atoms with Crippen LogP contribution in [0.3, 0.4) is 0 Å². The fourth-order valence-electron chi connectivity index (χ4n) is 2.75. The van der Waals surface area contributed by atoms with Crippen LogP contribution in [0.4, 0.5) is 0 Å². The number of rotatable bonds is 1. The summed E-state index contributed by atoms with van der Waals surface area (Å²) in [7, 11) is 0. The maximum absolute atomic E-state index is 6.08. The number of hydrogen-bond donors (Lipinski definition) is 1. The van der Waals surface area contributed by atoms with E-state index in [2.05, 4.69) is 33.0 Å². The molecule has 1 unspecified atom stereocenters. The summed E-state index contributed by atoms with van der Waals surface area (Å²) in [6, 6.07) is 0. The number of aromatic nitrogens is 1. The van der Waals surface area contributed by atoms with Crippen LogP contribution in [0, 0.1) is 0 Å². The third-order valence-electron chi connectivity index (χ3n) is 3.47. The molecule has 3 heterocycles. The van der Waals surface area contributed by atoms with Gasteiger partial charge in [-0.2, -0.15) is 0 Å². The number of thiazole rings is 1. The molecule has 1 atom stereocenters. The van der Waals surface area contributed by atoms with Gasteiger partial charge in [0.05, 0.1) is 22.8 Å². The maximum atomic E-state index is 6.08. The molecule has 1 N–H and O–H groups in total. The fraction of sp³-hybridized carbons (Fsp3) is 0.769. The second-order valence-corrected chi connectivity index (χ2v) is 6.95. The molecule has 3 rings (SSSR count). The maximum Gasteiger partial charge on any atom is 0.124 e. The van der Waals surface area contributed by atoms with Crippen LogP contribution in [0.15, 0.2) is 0 Å².